The van der Waals surface area contributed by atoms with E-state index in [1.54, 1.807) is 18.3 Å². The molecule has 4 aromatic rings. The average molecular weight is 415 g/mol. The Kier molecular flexibility index (Phi) is 6.90. The number of fused-ring (bicyclic) bond motifs is 1. The fraction of sp³-hybridized carbons (Fsp3) is 0.240. The Balaban J connectivity index is 1.33. The zero-order chi connectivity index (χ0) is 21.3. The predicted octanol–water partition coefficient (Wildman–Crippen LogP) is 4.26. The second-order valence-corrected chi connectivity index (χ2v) is 7.26. The number of hydrogen-bond donors (Lipinski definition) is 1. The SMILES string of the molecule is O=C(NCCCc1nc2ccccc2n1CCCOc1ccccc1)c1ccccn1. The third-order valence-electron chi connectivity index (χ3n) is 5.03. The molecular formula is C25H26N4O2. The molecule has 1 N–H and O–H groups in total. The molecule has 2 heterocycles. The first-order valence-corrected chi connectivity index (χ1v) is 10.6. The molecule has 158 valence electrons. The number of nitrogens with zero attached hydrogens (tertiary/aromatic N) is 3. The molecule has 6 nitrogen and oxygen atoms in total. The Labute approximate surface area is 181 Å². The van der Waals surface area contributed by atoms with E-state index in [-0.39, 0.29) is 5.91 Å². The zero-order valence-corrected chi connectivity index (χ0v) is 17.4. The van der Waals surface area contributed by atoms with Crippen molar-refractivity contribution < 1.29 is 9.53 Å². The van der Waals surface area contributed by atoms with Crippen LogP contribution in [0.5, 0.6) is 5.75 Å². The Morgan fingerprint density at radius 3 is 2.58 bits per heavy atom. The molecule has 0 spiro atoms. The highest BCUT2D eigenvalue weighted by Crippen LogP contribution is 2.18. The number of imidazole rings is 1. The lowest BCUT2D eigenvalue weighted by Gasteiger charge is -2.11. The van der Waals surface area contributed by atoms with Gasteiger partial charge in [0, 0.05) is 25.7 Å². The maximum absolute atomic E-state index is 12.1. The summed E-state index contributed by atoms with van der Waals surface area (Å²) in [6.07, 6.45) is 4.11. The molecule has 0 aliphatic rings. The van der Waals surface area contributed by atoms with E-state index in [2.05, 4.69) is 20.9 Å². The van der Waals surface area contributed by atoms with Gasteiger partial charge in [-0.2, -0.15) is 0 Å². The minimum atomic E-state index is -0.146. The van der Waals surface area contributed by atoms with E-state index in [0.29, 0.717) is 18.8 Å². The summed E-state index contributed by atoms with van der Waals surface area (Å²) in [7, 11) is 0. The molecule has 0 aliphatic carbocycles. The standard InChI is InChI=1S/C25H26N4O2/c30-25(22-13-6-7-16-26-22)27-17-8-15-24-28-21-12-4-5-14-23(21)29(24)18-9-19-31-20-10-2-1-3-11-20/h1-7,10-14,16H,8-9,15,17-19H2,(H,27,30). The van der Waals surface area contributed by atoms with Gasteiger partial charge in [0.2, 0.25) is 0 Å². The summed E-state index contributed by atoms with van der Waals surface area (Å²) in [5.74, 6) is 1.78. The third-order valence-corrected chi connectivity index (χ3v) is 5.03. The Bertz CT molecular complexity index is 1110. The molecule has 0 saturated heterocycles. The lowest BCUT2D eigenvalue weighted by molar-refractivity contribution is 0.0948. The lowest BCUT2D eigenvalue weighted by atomic mass is 10.2. The number of aromatic nitrogens is 3. The minimum absolute atomic E-state index is 0.146. The predicted molar refractivity (Wildman–Crippen MR) is 121 cm³/mol. The number of ether oxygens (including phenoxy) is 1. The lowest BCUT2D eigenvalue weighted by Crippen LogP contribution is -2.25. The van der Waals surface area contributed by atoms with Crippen LogP contribution in [0.4, 0.5) is 0 Å². The number of nitrogens with one attached hydrogen (secondary N) is 1. The quantitative estimate of drug-likeness (QED) is 0.394. The number of amides is 1. The van der Waals surface area contributed by atoms with Gasteiger partial charge in [-0.1, -0.05) is 36.4 Å². The van der Waals surface area contributed by atoms with Gasteiger partial charge in [-0.3, -0.25) is 9.78 Å². The highest BCUT2D eigenvalue weighted by Gasteiger charge is 2.11. The van der Waals surface area contributed by atoms with Crippen LogP contribution in [0.15, 0.2) is 79.0 Å². The second-order valence-electron chi connectivity index (χ2n) is 7.26. The molecule has 2 aromatic carbocycles. The number of carbonyl (C=O) groups is 1. The van der Waals surface area contributed by atoms with Crippen molar-refractivity contribution in [3.05, 3.63) is 90.5 Å². The Morgan fingerprint density at radius 1 is 0.935 bits per heavy atom. The average Bonchev–Trinajstić information content (AvgIpc) is 3.18. The molecule has 0 radical (unpaired) electrons. The molecule has 6 heteroatoms. The number of aryl methyl sites for hydroxylation is 2. The molecule has 4 rings (SSSR count). The Morgan fingerprint density at radius 2 is 1.74 bits per heavy atom. The smallest absolute Gasteiger partial charge is 0.269 e. The van der Waals surface area contributed by atoms with Gasteiger partial charge in [0.1, 0.15) is 17.3 Å². The molecular weight excluding hydrogens is 388 g/mol. The summed E-state index contributed by atoms with van der Waals surface area (Å²) in [6.45, 7) is 2.06. The van der Waals surface area contributed by atoms with Crippen LogP contribution in [0.2, 0.25) is 0 Å². The van der Waals surface area contributed by atoms with Gasteiger partial charge in [0.05, 0.1) is 17.6 Å². The van der Waals surface area contributed by atoms with Gasteiger partial charge < -0.3 is 14.6 Å². The summed E-state index contributed by atoms with van der Waals surface area (Å²) < 4.78 is 8.10. The van der Waals surface area contributed by atoms with Crippen molar-refractivity contribution in [2.24, 2.45) is 0 Å². The van der Waals surface area contributed by atoms with Crippen molar-refractivity contribution in [1.29, 1.82) is 0 Å². The molecule has 0 atom stereocenters. The first-order chi connectivity index (χ1) is 15.3. The number of hydrogen-bond acceptors (Lipinski definition) is 4. The maximum atomic E-state index is 12.1. The van der Waals surface area contributed by atoms with Crippen molar-refractivity contribution >= 4 is 16.9 Å². The number of carbonyl (C=O) groups excluding carboxylic acids is 1. The number of benzene rings is 2. The summed E-state index contributed by atoms with van der Waals surface area (Å²) >= 11 is 0. The molecule has 0 saturated carbocycles. The maximum Gasteiger partial charge on any atom is 0.269 e. The summed E-state index contributed by atoms with van der Waals surface area (Å²) in [6, 6.07) is 23.4. The molecule has 1 amide bonds. The van der Waals surface area contributed by atoms with E-state index >= 15 is 0 Å². The van der Waals surface area contributed by atoms with Crippen molar-refractivity contribution in [3.63, 3.8) is 0 Å². The van der Waals surface area contributed by atoms with Crippen molar-refractivity contribution in [2.45, 2.75) is 25.8 Å². The Hall–Kier alpha value is -3.67. The van der Waals surface area contributed by atoms with Crippen LogP contribution in [0.3, 0.4) is 0 Å². The van der Waals surface area contributed by atoms with Crippen LogP contribution in [0.25, 0.3) is 11.0 Å². The van der Waals surface area contributed by atoms with Gasteiger partial charge in [-0.25, -0.2) is 4.98 Å². The fourth-order valence-corrected chi connectivity index (χ4v) is 3.53. The van der Waals surface area contributed by atoms with Crippen LogP contribution < -0.4 is 10.1 Å². The van der Waals surface area contributed by atoms with Crippen LogP contribution in [-0.2, 0) is 13.0 Å². The third kappa shape index (κ3) is 5.48. The van der Waals surface area contributed by atoms with E-state index < -0.39 is 0 Å². The molecule has 0 bridgehead atoms. The van der Waals surface area contributed by atoms with Crippen LogP contribution in [0.1, 0.15) is 29.2 Å². The van der Waals surface area contributed by atoms with E-state index in [1.807, 2.05) is 54.6 Å². The normalized spacial score (nSPS) is 10.8. The highest BCUT2D eigenvalue weighted by molar-refractivity contribution is 5.92. The number of pyridine rings is 1. The number of para-hydroxylation sites is 3. The van der Waals surface area contributed by atoms with Gasteiger partial charge in [-0.15, -0.1) is 0 Å². The first kappa shape index (κ1) is 20.6. The van der Waals surface area contributed by atoms with E-state index in [1.165, 1.54) is 0 Å². The van der Waals surface area contributed by atoms with Gasteiger partial charge >= 0.3 is 0 Å². The van der Waals surface area contributed by atoms with E-state index in [0.717, 1.165) is 48.4 Å². The van der Waals surface area contributed by atoms with Gasteiger partial charge in [-0.05, 0) is 49.2 Å². The van der Waals surface area contributed by atoms with Crippen LogP contribution >= 0.6 is 0 Å². The summed E-state index contributed by atoms with van der Waals surface area (Å²) in [5.41, 5.74) is 2.57. The fourth-order valence-electron chi connectivity index (χ4n) is 3.53. The van der Waals surface area contributed by atoms with Gasteiger partial charge in [0.25, 0.3) is 5.91 Å². The monoisotopic (exact) mass is 414 g/mol. The highest BCUT2D eigenvalue weighted by atomic mass is 16.5. The topological polar surface area (TPSA) is 69.0 Å². The molecule has 31 heavy (non-hydrogen) atoms. The second kappa shape index (κ2) is 10.4. The molecule has 0 unspecified atom stereocenters. The van der Waals surface area contributed by atoms with Crippen molar-refractivity contribution in [1.82, 2.24) is 19.9 Å². The molecule has 0 fully saturated rings. The van der Waals surface area contributed by atoms with Crippen molar-refractivity contribution in [2.75, 3.05) is 13.2 Å². The first-order valence-electron chi connectivity index (χ1n) is 10.6. The molecule has 2 aromatic heterocycles. The van der Waals surface area contributed by atoms with Crippen LogP contribution in [-0.4, -0.2) is 33.6 Å². The van der Waals surface area contributed by atoms with Crippen molar-refractivity contribution in [3.8, 4) is 5.75 Å². The zero-order valence-electron chi connectivity index (χ0n) is 17.4. The largest absolute Gasteiger partial charge is 0.494 e. The van der Waals surface area contributed by atoms with E-state index in [9.17, 15) is 4.79 Å². The van der Waals surface area contributed by atoms with Crippen LogP contribution in [0, 0.1) is 0 Å². The summed E-state index contributed by atoms with van der Waals surface area (Å²) in [5, 5.41) is 2.93. The van der Waals surface area contributed by atoms with Gasteiger partial charge in [0.15, 0.2) is 0 Å². The minimum Gasteiger partial charge on any atom is -0.494 e. The molecule has 0 aliphatic heterocycles. The summed E-state index contributed by atoms with van der Waals surface area (Å²) in [4.78, 5) is 21.1. The number of rotatable bonds is 10. The van der Waals surface area contributed by atoms with E-state index in [4.69, 9.17) is 9.72 Å².